The standard InChI is InChI=1S/C25H32FN5O/c26-19-15-28-23(31-21-14-25(21)7-2-1-3-8-25)13-18(19)20-5-4-6-22(30-20)29-17-24(16-27)9-11-32-12-10-24/h4-6,13,15,21-22,29-30H,1-3,7-12,14,17H2,(H,28,31). The Morgan fingerprint density at radius 3 is 2.81 bits per heavy atom. The number of nitriles is 1. The lowest BCUT2D eigenvalue weighted by molar-refractivity contribution is 0.0397. The number of allylic oxidation sites excluding steroid dienone is 2. The third kappa shape index (κ3) is 4.39. The molecular formula is C25H32FN5O. The second-order valence-electron chi connectivity index (χ2n) is 9.85. The maximum absolute atomic E-state index is 14.7. The highest BCUT2D eigenvalue weighted by atomic mass is 19.1. The zero-order chi connectivity index (χ0) is 22.0. The molecule has 4 aliphatic rings. The van der Waals surface area contributed by atoms with Crippen molar-refractivity contribution in [3.8, 4) is 6.07 Å². The van der Waals surface area contributed by atoms with Crippen molar-refractivity contribution in [3.05, 3.63) is 41.9 Å². The number of hydrogen-bond donors (Lipinski definition) is 3. The normalized spacial score (nSPS) is 27.8. The summed E-state index contributed by atoms with van der Waals surface area (Å²) in [6.07, 6.45) is 16.2. The predicted molar refractivity (Wildman–Crippen MR) is 122 cm³/mol. The van der Waals surface area contributed by atoms with Gasteiger partial charge in [-0.1, -0.05) is 25.3 Å². The molecule has 170 valence electrons. The largest absolute Gasteiger partial charge is 0.381 e. The molecule has 2 atom stereocenters. The van der Waals surface area contributed by atoms with Crippen LogP contribution in [0, 0.1) is 28.0 Å². The van der Waals surface area contributed by atoms with Crippen molar-refractivity contribution >= 4 is 11.5 Å². The van der Waals surface area contributed by atoms with Crippen molar-refractivity contribution in [1.29, 1.82) is 5.26 Å². The van der Waals surface area contributed by atoms with E-state index >= 15 is 0 Å². The van der Waals surface area contributed by atoms with E-state index in [1.165, 1.54) is 44.7 Å². The van der Waals surface area contributed by atoms with Crippen LogP contribution in [0.15, 0.2) is 30.5 Å². The summed E-state index contributed by atoms with van der Waals surface area (Å²) < 4.78 is 20.1. The summed E-state index contributed by atoms with van der Waals surface area (Å²) in [5.41, 5.74) is 1.26. The number of ether oxygens (including phenoxy) is 1. The van der Waals surface area contributed by atoms with E-state index in [-0.39, 0.29) is 12.0 Å². The Kier molecular flexibility index (Phi) is 5.92. The van der Waals surface area contributed by atoms with Crippen LogP contribution in [0.5, 0.6) is 0 Å². The summed E-state index contributed by atoms with van der Waals surface area (Å²) >= 11 is 0. The first kappa shape index (κ1) is 21.4. The van der Waals surface area contributed by atoms with E-state index in [2.05, 4.69) is 27.0 Å². The Morgan fingerprint density at radius 2 is 2.03 bits per heavy atom. The highest BCUT2D eigenvalue weighted by molar-refractivity contribution is 5.69. The van der Waals surface area contributed by atoms with Gasteiger partial charge in [-0.05, 0) is 55.7 Å². The molecule has 0 bridgehead atoms. The fourth-order valence-electron chi connectivity index (χ4n) is 5.47. The second kappa shape index (κ2) is 8.84. The van der Waals surface area contributed by atoms with Crippen LogP contribution in [-0.2, 0) is 4.74 Å². The first-order valence-electron chi connectivity index (χ1n) is 11.9. The Bertz CT molecular complexity index is 940. The lowest BCUT2D eigenvalue weighted by Crippen LogP contribution is -2.47. The molecule has 2 unspecified atom stereocenters. The average molecular weight is 438 g/mol. The third-order valence-electron chi connectivity index (χ3n) is 7.73. The topological polar surface area (TPSA) is 82.0 Å². The number of dihydropyridines is 1. The molecule has 2 aliphatic carbocycles. The van der Waals surface area contributed by atoms with Crippen molar-refractivity contribution in [1.82, 2.24) is 15.6 Å². The van der Waals surface area contributed by atoms with Gasteiger partial charge >= 0.3 is 0 Å². The first-order valence-corrected chi connectivity index (χ1v) is 11.9. The number of hydrogen-bond acceptors (Lipinski definition) is 6. The Balaban J connectivity index is 1.23. The number of aromatic nitrogens is 1. The minimum Gasteiger partial charge on any atom is -0.381 e. The van der Waals surface area contributed by atoms with Crippen molar-refractivity contribution in [3.63, 3.8) is 0 Å². The third-order valence-corrected chi connectivity index (χ3v) is 7.73. The van der Waals surface area contributed by atoms with Gasteiger partial charge in [-0.2, -0.15) is 5.26 Å². The van der Waals surface area contributed by atoms with Gasteiger partial charge in [0.15, 0.2) is 5.82 Å². The molecule has 2 saturated carbocycles. The summed E-state index contributed by atoms with van der Waals surface area (Å²) in [7, 11) is 0. The fraction of sp³-hybridized carbons (Fsp3) is 0.600. The van der Waals surface area contributed by atoms with Gasteiger partial charge in [0, 0.05) is 37.1 Å². The second-order valence-corrected chi connectivity index (χ2v) is 9.85. The number of anilines is 1. The fourth-order valence-corrected chi connectivity index (χ4v) is 5.47. The van der Waals surface area contributed by atoms with Crippen LogP contribution in [0.1, 0.15) is 56.9 Å². The quantitative estimate of drug-likeness (QED) is 0.622. The van der Waals surface area contributed by atoms with Crippen molar-refractivity contribution in [2.75, 3.05) is 25.1 Å². The summed E-state index contributed by atoms with van der Waals surface area (Å²) in [4.78, 5) is 4.31. The Hall–Kier alpha value is -2.43. The van der Waals surface area contributed by atoms with Gasteiger partial charge in [-0.25, -0.2) is 9.37 Å². The van der Waals surface area contributed by atoms with Gasteiger partial charge in [-0.3, -0.25) is 5.32 Å². The van der Waals surface area contributed by atoms with E-state index in [0.717, 1.165) is 18.7 Å². The minimum absolute atomic E-state index is 0.166. The van der Waals surface area contributed by atoms with Crippen LogP contribution >= 0.6 is 0 Å². The molecule has 6 nitrogen and oxygen atoms in total. The molecule has 0 aromatic carbocycles. The first-order chi connectivity index (χ1) is 15.6. The smallest absolute Gasteiger partial charge is 0.150 e. The van der Waals surface area contributed by atoms with Gasteiger partial charge in [0.2, 0.25) is 0 Å². The molecule has 3 N–H and O–H groups in total. The van der Waals surface area contributed by atoms with Gasteiger partial charge in [0.1, 0.15) is 5.82 Å². The number of nitrogens with zero attached hydrogens (tertiary/aromatic N) is 2. The molecule has 3 fully saturated rings. The van der Waals surface area contributed by atoms with Gasteiger partial charge in [0.05, 0.1) is 23.8 Å². The number of halogens is 1. The highest BCUT2D eigenvalue weighted by Crippen LogP contribution is 2.57. The molecular weight excluding hydrogens is 405 g/mol. The minimum atomic E-state index is -0.409. The molecule has 5 rings (SSSR count). The van der Waals surface area contributed by atoms with E-state index in [1.807, 2.05) is 24.3 Å². The Morgan fingerprint density at radius 1 is 1.22 bits per heavy atom. The van der Waals surface area contributed by atoms with E-state index in [9.17, 15) is 9.65 Å². The molecule has 32 heavy (non-hydrogen) atoms. The number of rotatable bonds is 6. The van der Waals surface area contributed by atoms with E-state index in [1.54, 1.807) is 0 Å². The highest BCUT2D eigenvalue weighted by Gasteiger charge is 2.53. The van der Waals surface area contributed by atoms with Crippen LogP contribution < -0.4 is 16.0 Å². The van der Waals surface area contributed by atoms with Crippen LogP contribution in [0.2, 0.25) is 0 Å². The zero-order valence-corrected chi connectivity index (χ0v) is 18.5. The van der Waals surface area contributed by atoms with Crippen LogP contribution in [0.25, 0.3) is 5.70 Å². The molecule has 1 saturated heterocycles. The molecule has 0 amide bonds. The maximum atomic E-state index is 14.7. The maximum Gasteiger partial charge on any atom is 0.150 e. The molecule has 7 heteroatoms. The zero-order valence-electron chi connectivity index (χ0n) is 18.5. The van der Waals surface area contributed by atoms with Gasteiger partial charge in [0.25, 0.3) is 0 Å². The summed E-state index contributed by atoms with van der Waals surface area (Å²) in [6.45, 7) is 1.81. The van der Waals surface area contributed by atoms with E-state index in [0.29, 0.717) is 42.5 Å². The average Bonchev–Trinajstić information content (AvgIpc) is 3.50. The van der Waals surface area contributed by atoms with Crippen LogP contribution in [-0.4, -0.2) is 37.0 Å². The molecule has 3 heterocycles. The summed E-state index contributed by atoms with van der Waals surface area (Å²) in [6, 6.07) is 4.75. The number of nitrogens with one attached hydrogen (secondary N) is 3. The lowest BCUT2D eigenvalue weighted by atomic mass is 9.81. The van der Waals surface area contributed by atoms with Crippen molar-refractivity contribution < 1.29 is 9.13 Å². The van der Waals surface area contributed by atoms with Crippen LogP contribution in [0.3, 0.4) is 0 Å². The molecule has 2 aliphatic heterocycles. The van der Waals surface area contributed by atoms with E-state index < -0.39 is 5.41 Å². The molecule has 1 aromatic heterocycles. The SMILES string of the molecule is N#CC1(CNC2C=CC=C(c3cc(NC4CC45CCCCC5)ncc3F)N2)CCOCC1. The number of pyridine rings is 1. The monoisotopic (exact) mass is 437 g/mol. The molecule has 1 aromatic rings. The Labute approximate surface area is 189 Å². The van der Waals surface area contributed by atoms with Gasteiger partial charge in [-0.15, -0.1) is 0 Å². The summed E-state index contributed by atoms with van der Waals surface area (Å²) in [5, 5.41) is 20.0. The van der Waals surface area contributed by atoms with Crippen molar-refractivity contribution in [2.45, 2.75) is 63.6 Å². The van der Waals surface area contributed by atoms with Crippen molar-refractivity contribution in [2.24, 2.45) is 10.8 Å². The van der Waals surface area contributed by atoms with Crippen LogP contribution in [0.4, 0.5) is 10.2 Å². The van der Waals surface area contributed by atoms with Gasteiger partial charge < -0.3 is 15.4 Å². The lowest BCUT2D eigenvalue weighted by Gasteiger charge is -2.33. The molecule has 0 radical (unpaired) electrons. The summed E-state index contributed by atoms with van der Waals surface area (Å²) in [5.74, 6) is 0.394. The predicted octanol–water partition coefficient (Wildman–Crippen LogP) is 4.09. The van der Waals surface area contributed by atoms with E-state index in [4.69, 9.17) is 4.74 Å². The molecule has 1 spiro atoms.